The lowest BCUT2D eigenvalue weighted by Gasteiger charge is -2.25. The SMILES string of the molecule is Cc1ccc(CN(C(=O)c2c(C)oc(C)c2Br)C(C)C)o1. The van der Waals surface area contributed by atoms with Crippen LogP contribution >= 0.6 is 15.9 Å². The second-order valence-corrected chi connectivity index (χ2v) is 6.24. The summed E-state index contributed by atoms with van der Waals surface area (Å²) >= 11 is 3.44. The van der Waals surface area contributed by atoms with Crippen molar-refractivity contribution in [2.45, 2.75) is 47.2 Å². The van der Waals surface area contributed by atoms with Crippen molar-refractivity contribution >= 4 is 21.8 Å². The standard InChI is InChI=1S/C16H20BrNO3/c1-9(2)18(8-13-7-6-10(3)20-13)16(19)14-11(4)21-12(5)15(14)17/h6-7,9H,8H2,1-5H3. The number of nitrogens with zero attached hydrogens (tertiary/aromatic N) is 1. The minimum atomic E-state index is -0.0553. The number of carbonyl (C=O) groups is 1. The second kappa shape index (κ2) is 6.10. The summed E-state index contributed by atoms with van der Waals surface area (Å²) < 4.78 is 11.8. The molecule has 2 aromatic heterocycles. The first kappa shape index (κ1) is 15.9. The van der Waals surface area contributed by atoms with E-state index < -0.39 is 0 Å². The van der Waals surface area contributed by atoms with Gasteiger partial charge in [-0.3, -0.25) is 4.79 Å². The topological polar surface area (TPSA) is 46.6 Å². The van der Waals surface area contributed by atoms with Crippen LogP contribution in [0.25, 0.3) is 0 Å². The first-order chi connectivity index (χ1) is 9.81. The summed E-state index contributed by atoms with van der Waals surface area (Å²) in [5, 5.41) is 0. The zero-order valence-electron chi connectivity index (χ0n) is 13.0. The molecular formula is C16H20BrNO3. The molecule has 0 fully saturated rings. The molecule has 0 bridgehead atoms. The summed E-state index contributed by atoms with van der Waals surface area (Å²) in [5.41, 5.74) is 0.587. The minimum Gasteiger partial charge on any atom is -0.465 e. The zero-order chi connectivity index (χ0) is 15.7. The third-order valence-corrected chi connectivity index (χ3v) is 4.36. The molecule has 2 heterocycles. The second-order valence-electron chi connectivity index (χ2n) is 5.44. The van der Waals surface area contributed by atoms with E-state index in [-0.39, 0.29) is 11.9 Å². The van der Waals surface area contributed by atoms with Crippen LogP contribution in [0.4, 0.5) is 0 Å². The third kappa shape index (κ3) is 3.23. The van der Waals surface area contributed by atoms with Gasteiger partial charge < -0.3 is 13.7 Å². The molecule has 0 aromatic carbocycles. The van der Waals surface area contributed by atoms with Crippen LogP contribution in [-0.2, 0) is 6.54 Å². The lowest BCUT2D eigenvalue weighted by molar-refractivity contribution is 0.0672. The molecule has 21 heavy (non-hydrogen) atoms. The predicted octanol–water partition coefficient (Wildman–Crippen LogP) is 4.61. The van der Waals surface area contributed by atoms with E-state index >= 15 is 0 Å². The first-order valence-electron chi connectivity index (χ1n) is 6.93. The Kier molecular flexibility index (Phi) is 4.61. The van der Waals surface area contributed by atoms with Gasteiger partial charge in [0.15, 0.2) is 0 Å². The van der Waals surface area contributed by atoms with Crippen molar-refractivity contribution in [3.8, 4) is 0 Å². The van der Waals surface area contributed by atoms with E-state index in [1.807, 2.05) is 39.8 Å². The number of amides is 1. The van der Waals surface area contributed by atoms with Crippen molar-refractivity contribution in [1.82, 2.24) is 4.90 Å². The molecule has 0 aliphatic rings. The fourth-order valence-corrected chi connectivity index (χ4v) is 2.80. The monoisotopic (exact) mass is 353 g/mol. The van der Waals surface area contributed by atoms with Crippen LogP contribution in [-0.4, -0.2) is 16.8 Å². The number of hydrogen-bond acceptors (Lipinski definition) is 3. The van der Waals surface area contributed by atoms with Gasteiger partial charge >= 0.3 is 0 Å². The largest absolute Gasteiger partial charge is 0.465 e. The lowest BCUT2D eigenvalue weighted by Crippen LogP contribution is -2.36. The Morgan fingerprint density at radius 3 is 2.29 bits per heavy atom. The van der Waals surface area contributed by atoms with Crippen LogP contribution in [0.15, 0.2) is 25.4 Å². The predicted molar refractivity (Wildman–Crippen MR) is 84.3 cm³/mol. The van der Waals surface area contributed by atoms with Crippen LogP contribution in [0.1, 0.15) is 47.2 Å². The van der Waals surface area contributed by atoms with Gasteiger partial charge in [-0.1, -0.05) is 0 Å². The van der Waals surface area contributed by atoms with E-state index in [9.17, 15) is 4.79 Å². The van der Waals surface area contributed by atoms with Gasteiger partial charge in [-0.2, -0.15) is 0 Å². The van der Waals surface area contributed by atoms with E-state index in [0.717, 1.165) is 16.0 Å². The minimum absolute atomic E-state index is 0.0553. The van der Waals surface area contributed by atoms with Crippen LogP contribution < -0.4 is 0 Å². The van der Waals surface area contributed by atoms with Crippen molar-refractivity contribution in [1.29, 1.82) is 0 Å². The van der Waals surface area contributed by atoms with Crippen molar-refractivity contribution in [3.63, 3.8) is 0 Å². The van der Waals surface area contributed by atoms with Crippen molar-refractivity contribution in [2.75, 3.05) is 0 Å². The average Bonchev–Trinajstić information content (AvgIpc) is 2.90. The summed E-state index contributed by atoms with van der Waals surface area (Å²) in [6.07, 6.45) is 0. The highest BCUT2D eigenvalue weighted by molar-refractivity contribution is 9.10. The molecule has 2 rings (SSSR count). The highest BCUT2D eigenvalue weighted by atomic mass is 79.9. The Bertz CT molecular complexity index is 655. The van der Waals surface area contributed by atoms with Gasteiger partial charge in [0.2, 0.25) is 0 Å². The van der Waals surface area contributed by atoms with Gasteiger partial charge in [-0.25, -0.2) is 0 Å². The fourth-order valence-electron chi connectivity index (χ4n) is 2.27. The van der Waals surface area contributed by atoms with Gasteiger partial charge in [-0.05, 0) is 62.7 Å². The molecule has 0 aliphatic carbocycles. The van der Waals surface area contributed by atoms with Crippen molar-refractivity contribution in [2.24, 2.45) is 0 Å². The zero-order valence-corrected chi connectivity index (χ0v) is 14.6. The molecule has 0 atom stereocenters. The number of rotatable bonds is 4. The maximum Gasteiger partial charge on any atom is 0.259 e. The summed E-state index contributed by atoms with van der Waals surface area (Å²) in [6, 6.07) is 3.87. The highest BCUT2D eigenvalue weighted by Gasteiger charge is 2.27. The van der Waals surface area contributed by atoms with Crippen LogP contribution in [0.2, 0.25) is 0 Å². The molecule has 114 valence electrons. The summed E-state index contributed by atoms with van der Waals surface area (Å²) in [5.74, 6) is 2.92. The summed E-state index contributed by atoms with van der Waals surface area (Å²) in [7, 11) is 0. The molecule has 0 N–H and O–H groups in total. The fraction of sp³-hybridized carbons (Fsp3) is 0.438. The van der Waals surface area contributed by atoms with Gasteiger partial charge in [0.25, 0.3) is 5.91 Å². The molecule has 0 saturated heterocycles. The molecule has 1 amide bonds. The molecule has 5 heteroatoms. The van der Waals surface area contributed by atoms with Gasteiger partial charge in [0, 0.05) is 6.04 Å². The maximum atomic E-state index is 12.8. The molecule has 4 nitrogen and oxygen atoms in total. The smallest absolute Gasteiger partial charge is 0.259 e. The molecule has 0 unspecified atom stereocenters. The number of aryl methyl sites for hydroxylation is 3. The first-order valence-corrected chi connectivity index (χ1v) is 7.72. The van der Waals surface area contributed by atoms with Crippen molar-refractivity contribution in [3.05, 3.63) is 45.2 Å². The quantitative estimate of drug-likeness (QED) is 0.805. The molecular weight excluding hydrogens is 334 g/mol. The molecule has 0 saturated carbocycles. The highest BCUT2D eigenvalue weighted by Crippen LogP contribution is 2.29. The number of carbonyl (C=O) groups excluding carboxylic acids is 1. The molecule has 0 radical (unpaired) electrons. The van der Waals surface area contributed by atoms with E-state index in [1.165, 1.54) is 0 Å². The Morgan fingerprint density at radius 2 is 1.86 bits per heavy atom. The van der Waals surface area contributed by atoms with Crippen LogP contribution in [0.5, 0.6) is 0 Å². The van der Waals surface area contributed by atoms with Crippen LogP contribution in [0, 0.1) is 20.8 Å². The maximum absolute atomic E-state index is 12.8. The Balaban J connectivity index is 2.31. The van der Waals surface area contributed by atoms with Crippen LogP contribution in [0.3, 0.4) is 0 Å². The Morgan fingerprint density at radius 1 is 1.19 bits per heavy atom. The summed E-state index contributed by atoms with van der Waals surface area (Å²) in [4.78, 5) is 14.6. The van der Waals surface area contributed by atoms with Crippen molar-refractivity contribution < 1.29 is 13.6 Å². The Hall–Kier alpha value is -1.49. The van der Waals surface area contributed by atoms with E-state index in [0.29, 0.717) is 23.6 Å². The van der Waals surface area contributed by atoms with E-state index in [4.69, 9.17) is 8.83 Å². The number of hydrogen-bond donors (Lipinski definition) is 0. The summed E-state index contributed by atoms with van der Waals surface area (Å²) in [6.45, 7) is 9.96. The van der Waals surface area contributed by atoms with Gasteiger partial charge in [-0.15, -0.1) is 0 Å². The average molecular weight is 354 g/mol. The molecule has 0 aliphatic heterocycles. The number of halogens is 1. The van der Waals surface area contributed by atoms with Gasteiger partial charge in [0.05, 0.1) is 16.6 Å². The van der Waals surface area contributed by atoms with E-state index in [2.05, 4.69) is 15.9 Å². The normalized spacial score (nSPS) is 11.2. The Labute approximate surface area is 133 Å². The van der Waals surface area contributed by atoms with E-state index in [1.54, 1.807) is 11.8 Å². The third-order valence-electron chi connectivity index (χ3n) is 3.41. The molecule has 2 aromatic rings. The molecule has 0 spiro atoms. The number of furan rings is 2. The lowest BCUT2D eigenvalue weighted by atomic mass is 10.2. The van der Waals surface area contributed by atoms with Gasteiger partial charge in [0.1, 0.15) is 23.0 Å².